The molecule has 82 valence electrons. The standard InChI is InChI=1S/C13H13NO2/c1-13(2)7-10(13)14-11(15)8-5-3-4-6-9(8)12(14)16/h3-6,10H,7H2,1-2H3. The van der Waals surface area contributed by atoms with E-state index >= 15 is 0 Å². The molecule has 3 nitrogen and oxygen atoms in total. The third kappa shape index (κ3) is 1.08. The number of carbonyl (C=O) groups is 2. The second kappa shape index (κ2) is 2.73. The van der Waals surface area contributed by atoms with Crippen LogP contribution in [-0.2, 0) is 0 Å². The van der Waals surface area contributed by atoms with Crippen molar-refractivity contribution in [3.63, 3.8) is 0 Å². The molecule has 1 fully saturated rings. The summed E-state index contributed by atoms with van der Waals surface area (Å²) in [6.07, 6.45) is 0.915. The molecule has 1 aromatic carbocycles. The third-order valence-corrected chi connectivity index (χ3v) is 3.60. The molecule has 3 heteroatoms. The van der Waals surface area contributed by atoms with Crippen LogP contribution in [0, 0.1) is 5.41 Å². The number of fused-ring (bicyclic) bond motifs is 1. The number of amides is 2. The van der Waals surface area contributed by atoms with E-state index in [0.29, 0.717) is 11.1 Å². The Bertz CT molecular complexity index is 469. The van der Waals surface area contributed by atoms with Gasteiger partial charge in [-0.3, -0.25) is 14.5 Å². The highest BCUT2D eigenvalue weighted by Gasteiger charge is 2.55. The second-order valence-electron chi connectivity index (χ2n) is 5.23. The summed E-state index contributed by atoms with van der Waals surface area (Å²) < 4.78 is 0. The number of carbonyl (C=O) groups excluding carboxylic acids is 2. The summed E-state index contributed by atoms with van der Waals surface area (Å²) in [5.41, 5.74) is 1.19. The number of imide groups is 1. The van der Waals surface area contributed by atoms with Crippen molar-refractivity contribution in [1.82, 2.24) is 4.90 Å². The van der Waals surface area contributed by atoms with Crippen molar-refractivity contribution < 1.29 is 9.59 Å². The Morgan fingerprint density at radius 1 is 1.12 bits per heavy atom. The Morgan fingerprint density at radius 3 is 1.94 bits per heavy atom. The van der Waals surface area contributed by atoms with Crippen LogP contribution in [-0.4, -0.2) is 22.8 Å². The monoisotopic (exact) mass is 215 g/mol. The van der Waals surface area contributed by atoms with Crippen molar-refractivity contribution in [1.29, 1.82) is 0 Å². The predicted molar refractivity (Wildman–Crippen MR) is 59.1 cm³/mol. The van der Waals surface area contributed by atoms with Crippen molar-refractivity contribution in [3.05, 3.63) is 35.4 Å². The van der Waals surface area contributed by atoms with Crippen LogP contribution in [0.1, 0.15) is 41.0 Å². The molecule has 0 radical (unpaired) electrons. The van der Waals surface area contributed by atoms with Gasteiger partial charge in [0.1, 0.15) is 0 Å². The fourth-order valence-corrected chi connectivity index (χ4v) is 2.37. The second-order valence-corrected chi connectivity index (χ2v) is 5.23. The molecule has 1 aliphatic carbocycles. The zero-order chi connectivity index (χ0) is 11.5. The van der Waals surface area contributed by atoms with Gasteiger partial charge in [0, 0.05) is 6.04 Å². The summed E-state index contributed by atoms with van der Waals surface area (Å²) in [6, 6.07) is 7.13. The third-order valence-electron chi connectivity index (χ3n) is 3.60. The molecule has 1 heterocycles. The Balaban J connectivity index is 2.03. The molecule has 1 aromatic rings. The van der Waals surface area contributed by atoms with Gasteiger partial charge in [-0.1, -0.05) is 26.0 Å². The van der Waals surface area contributed by atoms with Crippen LogP contribution < -0.4 is 0 Å². The summed E-state index contributed by atoms with van der Waals surface area (Å²) in [5, 5.41) is 0. The van der Waals surface area contributed by atoms with E-state index in [1.54, 1.807) is 24.3 Å². The zero-order valence-corrected chi connectivity index (χ0v) is 9.36. The van der Waals surface area contributed by atoms with E-state index in [4.69, 9.17) is 0 Å². The van der Waals surface area contributed by atoms with Crippen LogP contribution in [0.15, 0.2) is 24.3 Å². The Hall–Kier alpha value is -1.64. The fourth-order valence-electron chi connectivity index (χ4n) is 2.37. The SMILES string of the molecule is CC1(C)CC1N1C(=O)c2ccccc2C1=O. The van der Waals surface area contributed by atoms with E-state index in [9.17, 15) is 9.59 Å². The first-order chi connectivity index (χ1) is 7.52. The summed E-state index contributed by atoms with van der Waals surface area (Å²) in [7, 11) is 0. The van der Waals surface area contributed by atoms with Crippen LogP contribution in [0.25, 0.3) is 0 Å². The van der Waals surface area contributed by atoms with Crippen molar-refractivity contribution in [3.8, 4) is 0 Å². The maximum absolute atomic E-state index is 12.1. The predicted octanol–water partition coefficient (Wildman–Crippen LogP) is 2.08. The molecule has 1 atom stereocenters. The fraction of sp³-hybridized carbons (Fsp3) is 0.385. The van der Waals surface area contributed by atoms with E-state index in [1.807, 2.05) is 0 Å². The summed E-state index contributed by atoms with van der Waals surface area (Å²) in [5.74, 6) is -0.257. The lowest BCUT2D eigenvalue weighted by Gasteiger charge is -2.15. The van der Waals surface area contributed by atoms with Crippen LogP contribution in [0.2, 0.25) is 0 Å². The van der Waals surface area contributed by atoms with Gasteiger partial charge in [-0.2, -0.15) is 0 Å². The average Bonchev–Trinajstić information content (AvgIpc) is 2.78. The van der Waals surface area contributed by atoms with Crippen molar-refractivity contribution in [2.75, 3.05) is 0 Å². The highest BCUT2D eigenvalue weighted by molar-refractivity contribution is 6.21. The van der Waals surface area contributed by atoms with Gasteiger partial charge in [0.15, 0.2) is 0 Å². The molecule has 0 spiro atoms. The minimum absolute atomic E-state index is 0.0832. The molecule has 2 amide bonds. The number of hydrogen-bond acceptors (Lipinski definition) is 2. The van der Waals surface area contributed by atoms with Gasteiger partial charge in [0.2, 0.25) is 0 Å². The minimum Gasteiger partial charge on any atom is -0.271 e. The van der Waals surface area contributed by atoms with Gasteiger partial charge in [-0.25, -0.2) is 0 Å². The van der Waals surface area contributed by atoms with Gasteiger partial charge < -0.3 is 0 Å². The first-order valence-electron chi connectivity index (χ1n) is 5.49. The topological polar surface area (TPSA) is 37.4 Å². The first kappa shape index (κ1) is 9.58. The highest BCUT2D eigenvalue weighted by atomic mass is 16.2. The molecule has 1 aliphatic heterocycles. The zero-order valence-electron chi connectivity index (χ0n) is 9.36. The van der Waals surface area contributed by atoms with Crippen molar-refractivity contribution in [2.24, 2.45) is 5.41 Å². The van der Waals surface area contributed by atoms with Gasteiger partial charge in [0.05, 0.1) is 11.1 Å². The number of rotatable bonds is 1. The van der Waals surface area contributed by atoms with Gasteiger partial charge in [-0.05, 0) is 24.0 Å². The number of hydrogen-bond donors (Lipinski definition) is 0. The highest BCUT2D eigenvalue weighted by Crippen LogP contribution is 2.50. The largest absolute Gasteiger partial charge is 0.271 e. The van der Waals surface area contributed by atoms with Crippen LogP contribution >= 0.6 is 0 Å². The smallest absolute Gasteiger partial charge is 0.261 e. The van der Waals surface area contributed by atoms with E-state index in [2.05, 4.69) is 13.8 Å². The Labute approximate surface area is 94.1 Å². The van der Waals surface area contributed by atoms with Crippen LogP contribution in [0.4, 0.5) is 0 Å². The van der Waals surface area contributed by atoms with E-state index in [-0.39, 0.29) is 23.3 Å². The molecule has 1 saturated carbocycles. The molecular weight excluding hydrogens is 202 g/mol. The molecule has 0 aromatic heterocycles. The average molecular weight is 215 g/mol. The Morgan fingerprint density at radius 2 is 1.56 bits per heavy atom. The molecular formula is C13H13NO2. The molecule has 0 bridgehead atoms. The van der Waals surface area contributed by atoms with Crippen LogP contribution in [0.5, 0.6) is 0 Å². The quantitative estimate of drug-likeness (QED) is 0.672. The maximum atomic E-state index is 12.1. The molecule has 1 unspecified atom stereocenters. The Kier molecular flexibility index (Phi) is 1.63. The molecule has 2 aliphatic rings. The summed E-state index contributed by atoms with van der Waals surface area (Å²) >= 11 is 0. The molecule has 16 heavy (non-hydrogen) atoms. The first-order valence-corrected chi connectivity index (χ1v) is 5.49. The van der Waals surface area contributed by atoms with E-state index < -0.39 is 0 Å². The van der Waals surface area contributed by atoms with Crippen molar-refractivity contribution in [2.45, 2.75) is 26.3 Å². The van der Waals surface area contributed by atoms with Gasteiger partial charge in [0.25, 0.3) is 11.8 Å². The molecule has 0 N–H and O–H groups in total. The maximum Gasteiger partial charge on any atom is 0.261 e. The van der Waals surface area contributed by atoms with E-state index in [1.165, 1.54) is 4.90 Å². The molecule has 0 saturated heterocycles. The lowest BCUT2D eigenvalue weighted by molar-refractivity contribution is 0.0624. The van der Waals surface area contributed by atoms with E-state index in [0.717, 1.165) is 6.42 Å². The normalized spacial score (nSPS) is 25.9. The number of benzene rings is 1. The van der Waals surface area contributed by atoms with Gasteiger partial charge in [-0.15, -0.1) is 0 Å². The van der Waals surface area contributed by atoms with Crippen molar-refractivity contribution >= 4 is 11.8 Å². The minimum atomic E-state index is -0.129. The summed E-state index contributed by atoms with van der Waals surface area (Å²) in [6.45, 7) is 4.17. The van der Waals surface area contributed by atoms with Crippen LogP contribution in [0.3, 0.4) is 0 Å². The molecule has 3 rings (SSSR count). The lowest BCUT2D eigenvalue weighted by atomic mass is 10.1. The number of nitrogens with zero attached hydrogens (tertiary/aromatic N) is 1. The summed E-state index contributed by atoms with van der Waals surface area (Å²) in [4.78, 5) is 25.6. The lowest BCUT2D eigenvalue weighted by Crippen LogP contribution is -2.34. The van der Waals surface area contributed by atoms with Gasteiger partial charge >= 0.3 is 0 Å².